The lowest BCUT2D eigenvalue weighted by atomic mass is 9.84. The van der Waals surface area contributed by atoms with E-state index in [-0.39, 0.29) is 17.9 Å². The van der Waals surface area contributed by atoms with Gasteiger partial charge in [0.1, 0.15) is 11.5 Å². The number of carbonyl (C=O) groups is 2. The molecule has 0 bridgehead atoms. The van der Waals surface area contributed by atoms with Crippen LogP contribution in [0.3, 0.4) is 0 Å². The van der Waals surface area contributed by atoms with Crippen LogP contribution < -0.4 is 0 Å². The monoisotopic (exact) mass is 373 g/mol. The fraction of sp³-hybridized carbons (Fsp3) is 0.526. The maximum absolute atomic E-state index is 12.7. The first kappa shape index (κ1) is 17.8. The molecule has 1 unspecified atom stereocenters. The average molecular weight is 373 g/mol. The highest BCUT2D eigenvalue weighted by Gasteiger charge is 2.41. The molecule has 8 nitrogen and oxygen atoms in total. The molecule has 0 aliphatic carbocycles. The van der Waals surface area contributed by atoms with Gasteiger partial charge in [-0.15, -0.1) is 0 Å². The van der Waals surface area contributed by atoms with Gasteiger partial charge in [0, 0.05) is 25.8 Å². The molecule has 2 aliphatic rings. The van der Waals surface area contributed by atoms with Gasteiger partial charge in [0.2, 0.25) is 0 Å². The lowest BCUT2D eigenvalue weighted by molar-refractivity contribution is -0.145. The Labute approximate surface area is 156 Å². The molecule has 2 N–H and O–H groups in total. The maximum Gasteiger partial charge on any atom is 0.309 e. The van der Waals surface area contributed by atoms with Crippen LogP contribution in [0.15, 0.2) is 22.6 Å². The van der Waals surface area contributed by atoms with Gasteiger partial charge in [-0.05, 0) is 44.2 Å². The minimum absolute atomic E-state index is 0.124. The summed E-state index contributed by atoms with van der Waals surface area (Å²) < 4.78 is 11.2. The van der Waals surface area contributed by atoms with E-state index in [0.29, 0.717) is 43.3 Å². The molecule has 0 spiro atoms. The zero-order valence-electron chi connectivity index (χ0n) is 15.2. The summed E-state index contributed by atoms with van der Waals surface area (Å²) >= 11 is 0. The molecule has 0 aromatic carbocycles. The number of carbonyl (C=O) groups excluding carboxylic acids is 1. The lowest BCUT2D eigenvalue weighted by Gasteiger charge is -2.35. The Kier molecular flexibility index (Phi) is 4.73. The minimum Gasteiger partial charge on any atom is -0.481 e. The van der Waals surface area contributed by atoms with E-state index in [1.165, 1.54) is 0 Å². The number of aryl methyl sites for hydroxylation is 1. The molecule has 2 aromatic rings. The van der Waals surface area contributed by atoms with Gasteiger partial charge in [0.15, 0.2) is 11.5 Å². The Morgan fingerprint density at radius 2 is 2.04 bits per heavy atom. The predicted molar refractivity (Wildman–Crippen MR) is 95.1 cm³/mol. The number of furan rings is 1. The van der Waals surface area contributed by atoms with Crippen molar-refractivity contribution in [2.24, 2.45) is 11.8 Å². The number of nitrogens with zero attached hydrogens (tertiary/aromatic N) is 2. The van der Waals surface area contributed by atoms with Crippen molar-refractivity contribution in [2.45, 2.75) is 32.3 Å². The Balaban J connectivity index is 1.38. The zero-order valence-corrected chi connectivity index (χ0v) is 15.2. The molecular weight excluding hydrogens is 350 g/mol. The lowest BCUT2D eigenvalue weighted by Crippen LogP contribution is -2.43. The van der Waals surface area contributed by atoms with E-state index in [4.69, 9.17) is 9.15 Å². The largest absolute Gasteiger partial charge is 0.481 e. The van der Waals surface area contributed by atoms with Crippen LogP contribution in [0.25, 0.3) is 11.5 Å². The van der Waals surface area contributed by atoms with E-state index in [1.54, 1.807) is 11.0 Å². The van der Waals surface area contributed by atoms with Crippen LogP contribution in [0.1, 0.15) is 35.5 Å². The Hall–Kier alpha value is -2.61. The number of aromatic amines is 1. The second kappa shape index (κ2) is 7.19. The van der Waals surface area contributed by atoms with Crippen molar-refractivity contribution in [3.8, 4) is 11.5 Å². The SMILES string of the molecule is Cc1ccc(-c2cc(C(=O)N3CCC([C@@H]4OCCC4C(=O)O)CC3)n[nH]2)o1. The van der Waals surface area contributed by atoms with E-state index in [0.717, 1.165) is 18.6 Å². The molecule has 2 aromatic heterocycles. The van der Waals surface area contributed by atoms with E-state index in [1.807, 2.05) is 19.1 Å². The van der Waals surface area contributed by atoms with Crippen LogP contribution >= 0.6 is 0 Å². The number of piperidine rings is 1. The first-order chi connectivity index (χ1) is 13.0. The molecule has 8 heteroatoms. The van der Waals surface area contributed by atoms with Crippen LogP contribution in [-0.2, 0) is 9.53 Å². The normalized spacial score (nSPS) is 23.7. The third-order valence-electron chi connectivity index (χ3n) is 5.55. The molecule has 4 rings (SSSR count). The number of carboxylic acid groups (broad SMARTS) is 1. The van der Waals surface area contributed by atoms with Gasteiger partial charge in [-0.2, -0.15) is 5.10 Å². The molecule has 0 radical (unpaired) electrons. The van der Waals surface area contributed by atoms with Crippen LogP contribution in [0.4, 0.5) is 0 Å². The number of H-pyrrole nitrogens is 1. The summed E-state index contributed by atoms with van der Waals surface area (Å²) in [7, 11) is 0. The summed E-state index contributed by atoms with van der Waals surface area (Å²) in [5.74, 6) is 0.287. The van der Waals surface area contributed by atoms with Crippen LogP contribution in [0.5, 0.6) is 0 Å². The van der Waals surface area contributed by atoms with Gasteiger partial charge in [0.05, 0.1) is 12.0 Å². The molecule has 2 fully saturated rings. The van der Waals surface area contributed by atoms with Gasteiger partial charge in [0.25, 0.3) is 5.91 Å². The maximum atomic E-state index is 12.7. The predicted octanol–water partition coefficient (Wildman–Crippen LogP) is 2.32. The van der Waals surface area contributed by atoms with Gasteiger partial charge in [-0.1, -0.05) is 0 Å². The highest BCUT2D eigenvalue weighted by atomic mass is 16.5. The summed E-state index contributed by atoms with van der Waals surface area (Å²) in [5.41, 5.74) is 1.03. The Morgan fingerprint density at radius 3 is 2.70 bits per heavy atom. The number of hydrogen-bond acceptors (Lipinski definition) is 5. The standard InChI is InChI=1S/C19H23N3O5/c1-11-2-3-16(27-11)14-10-15(21-20-14)18(23)22-7-4-12(5-8-22)17-13(19(24)25)6-9-26-17/h2-3,10,12-13,17H,4-9H2,1H3,(H,20,21)(H,24,25)/t13?,17-/m0/s1. The van der Waals surface area contributed by atoms with Gasteiger partial charge in [-0.3, -0.25) is 14.7 Å². The van der Waals surface area contributed by atoms with E-state index in [9.17, 15) is 14.7 Å². The number of carboxylic acids is 1. The van der Waals surface area contributed by atoms with Crippen molar-refractivity contribution in [1.82, 2.24) is 15.1 Å². The van der Waals surface area contributed by atoms with E-state index >= 15 is 0 Å². The van der Waals surface area contributed by atoms with Crippen molar-refractivity contribution in [3.05, 3.63) is 29.7 Å². The third-order valence-corrected chi connectivity index (χ3v) is 5.55. The van der Waals surface area contributed by atoms with Crippen molar-refractivity contribution in [1.29, 1.82) is 0 Å². The molecule has 144 valence electrons. The molecule has 2 atom stereocenters. The highest BCUT2D eigenvalue weighted by Crippen LogP contribution is 2.33. The molecule has 2 aliphatic heterocycles. The first-order valence-electron chi connectivity index (χ1n) is 9.29. The Morgan fingerprint density at radius 1 is 1.26 bits per heavy atom. The summed E-state index contributed by atoms with van der Waals surface area (Å²) in [6.07, 6.45) is 1.82. The van der Waals surface area contributed by atoms with Gasteiger partial charge < -0.3 is 19.2 Å². The van der Waals surface area contributed by atoms with Crippen molar-refractivity contribution in [3.63, 3.8) is 0 Å². The van der Waals surface area contributed by atoms with Crippen LogP contribution in [-0.4, -0.2) is 57.9 Å². The van der Waals surface area contributed by atoms with Crippen molar-refractivity contribution < 1.29 is 23.8 Å². The summed E-state index contributed by atoms with van der Waals surface area (Å²) in [6.45, 7) is 3.53. The summed E-state index contributed by atoms with van der Waals surface area (Å²) in [5, 5.41) is 16.3. The second-order valence-corrected chi connectivity index (χ2v) is 7.28. The highest BCUT2D eigenvalue weighted by molar-refractivity contribution is 5.93. The topological polar surface area (TPSA) is 109 Å². The molecular formula is C19H23N3O5. The third kappa shape index (κ3) is 3.49. The fourth-order valence-electron chi connectivity index (χ4n) is 4.07. The Bertz CT molecular complexity index is 834. The number of rotatable bonds is 4. The van der Waals surface area contributed by atoms with Crippen LogP contribution in [0, 0.1) is 18.8 Å². The molecule has 4 heterocycles. The smallest absolute Gasteiger partial charge is 0.309 e. The summed E-state index contributed by atoms with van der Waals surface area (Å²) in [4.78, 5) is 25.9. The first-order valence-corrected chi connectivity index (χ1v) is 9.29. The molecule has 1 amide bonds. The fourth-order valence-corrected chi connectivity index (χ4v) is 4.07. The van der Waals surface area contributed by atoms with E-state index < -0.39 is 11.9 Å². The number of aliphatic carboxylic acids is 1. The number of hydrogen-bond donors (Lipinski definition) is 2. The van der Waals surface area contributed by atoms with E-state index in [2.05, 4.69) is 10.2 Å². The summed E-state index contributed by atoms with van der Waals surface area (Å²) in [6, 6.07) is 5.40. The van der Waals surface area contributed by atoms with Gasteiger partial charge in [-0.25, -0.2) is 0 Å². The second-order valence-electron chi connectivity index (χ2n) is 7.28. The number of amides is 1. The molecule has 27 heavy (non-hydrogen) atoms. The quantitative estimate of drug-likeness (QED) is 0.851. The molecule has 0 saturated carbocycles. The number of likely N-dealkylation sites (tertiary alicyclic amines) is 1. The average Bonchev–Trinajstić information content (AvgIpc) is 3.41. The minimum atomic E-state index is -0.784. The van der Waals surface area contributed by atoms with Crippen LogP contribution in [0.2, 0.25) is 0 Å². The number of ether oxygens (including phenoxy) is 1. The van der Waals surface area contributed by atoms with Crippen molar-refractivity contribution >= 4 is 11.9 Å². The number of aromatic nitrogens is 2. The number of nitrogens with one attached hydrogen (secondary N) is 1. The zero-order chi connectivity index (χ0) is 19.0. The van der Waals surface area contributed by atoms with Crippen molar-refractivity contribution in [2.75, 3.05) is 19.7 Å². The molecule has 2 saturated heterocycles. The van der Waals surface area contributed by atoms with Gasteiger partial charge >= 0.3 is 5.97 Å².